The minimum atomic E-state index is -0.333. The number of hydrogen-bond acceptors (Lipinski definition) is 5. The van der Waals surface area contributed by atoms with Crippen molar-refractivity contribution in [3.63, 3.8) is 0 Å². The summed E-state index contributed by atoms with van der Waals surface area (Å²) in [6.07, 6.45) is 1.15. The van der Waals surface area contributed by atoms with Crippen molar-refractivity contribution < 1.29 is 9.53 Å². The van der Waals surface area contributed by atoms with Gasteiger partial charge in [-0.3, -0.25) is 9.59 Å². The second-order valence-corrected chi connectivity index (χ2v) is 8.90. The molecule has 1 atom stereocenters. The molecule has 1 aliphatic heterocycles. The number of anilines is 1. The molecule has 32 heavy (non-hydrogen) atoms. The molecule has 1 aromatic heterocycles. The first kappa shape index (κ1) is 22.1. The van der Waals surface area contributed by atoms with Crippen LogP contribution in [0, 0.1) is 6.92 Å². The van der Waals surface area contributed by atoms with Gasteiger partial charge in [-0.25, -0.2) is 0 Å². The van der Waals surface area contributed by atoms with Gasteiger partial charge in [-0.2, -0.15) is 4.98 Å². The first-order valence-electron chi connectivity index (χ1n) is 10.8. The number of carbonyl (C=O) groups is 1. The highest BCUT2D eigenvalue weighted by atomic mass is 32.2. The third kappa shape index (κ3) is 4.58. The molecule has 0 saturated heterocycles. The van der Waals surface area contributed by atoms with Crippen molar-refractivity contribution in [3.05, 3.63) is 81.1 Å². The van der Waals surface area contributed by atoms with E-state index in [1.54, 1.807) is 0 Å². The third-order valence-corrected chi connectivity index (χ3v) is 6.75. The van der Waals surface area contributed by atoms with E-state index in [4.69, 9.17) is 4.74 Å². The largest absolute Gasteiger partial charge is 0.494 e. The molecule has 2 heterocycles. The Morgan fingerprint density at radius 3 is 2.62 bits per heavy atom. The van der Waals surface area contributed by atoms with Crippen LogP contribution in [0.3, 0.4) is 0 Å². The molecular weight excluding hydrogens is 422 g/mol. The van der Waals surface area contributed by atoms with Crippen molar-refractivity contribution >= 4 is 23.5 Å². The molecule has 1 N–H and O–H groups in total. The van der Waals surface area contributed by atoms with Crippen LogP contribution in [0.5, 0.6) is 5.75 Å². The van der Waals surface area contributed by atoms with Crippen LogP contribution in [0.15, 0.2) is 58.5 Å². The number of amides is 1. The molecule has 2 aromatic carbocycles. The van der Waals surface area contributed by atoms with Gasteiger partial charge in [0.1, 0.15) is 11.6 Å². The number of benzene rings is 2. The van der Waals surface area contributed by atoms with Crippen LogP contribution in [0.2, 0.25) is 0 Å². The molecule has 0 spiro atoms. The van der Waals surface area contributed by atoms with Gasteiger partial charge in [0, 0.05) is 25.1 Å². The Bertz CT molecular complexity index is 1190. The van der Waals surface area contributed by atoms with Gasteiger partial charge in [-0.15, -0.1) is 0 Å². The highest BCUT2D eigenvalue weighted by Crippen LogP contribution is 2.36. The van der Waals surface area contributed by atoms with E-state index < -0.39 is 0 Å². The lowest BCUT2D eigenvalue weighted by molar-refractivity contribution is -0.116. The lowest BCUT2D eigenvalue weighted by Gasteiger charge is -2.27. The van der Waals surface area contributed by atoms with Gasteiger partial charge in [0.2, 0.25) is 5.91 Å². The Balaban J connectivity index is 1.65. The molecule has 166 valence electrons. The molecule has 4 rings (SSSR count). The molecule has 1 unspecified atom stereocenters. The predicted molar refractivity (Wildman–Crippen MR) is 128 cm³/mol. The van der Waals surface area contributed by atoms with Gasteiger partial charge in [0.15, 0.2) is 5.16 Å². The Morgan fingerprint density at radius 2 is 1.91 bits per heavy atom. The van der Waals surface area contributed by atoms with E-state index in [0.29, 0.717) is 28.9 Å². The lowest BCUT2D eigenvalue weighted by Crippen LogP contribution is -2.33. The zero-order valence-electron chi connectivity index (χ0n) is 18.6. The molecule has 1 aliphatic rings. The van der Waals surface area contributed by atoms with Crippen molar-refractivity contribution in [1.29, 1.82) is 0 Å². The van der Waals surface area contributed by atoms with Crippen LogP contribution in [-0.2, 0) is 17.6 Å². The van der Waals surface area contributed by atoms with Crippen molar-refractivity contribution in [2.24, 2.45) is 7.05 Å². The average molecular weight is 450 g/mol. The number of aryl methyl sites for hydroxylation is 1. The second-order valence-electron chi connectivity index (χ2n) is 7.96. The number of thioether (sulfide) groups is 1. The zero-order valence-corrected chi connectivity index (χ0v) is 19.4. The van der Waals surface area contributed by atoms with Crippen molar-refractivity contribution in [3.8, 4) is 5.75 Å². The van der Waals surface area contributed by atoms with E-state index in [2.05, 4.69) is 36.3 Å². The van der Waals surface area contributed by atoms with Crippen molar-refractivity contribution in [1.82, 2.24) is 9.55 Å². The Hall–Kier alpha value is -3.06. The van der Waals surface area contributed by atoms with Crippen LogP contribution in [-0.4, -0.2) is 22.1 Å². The molecule has 7 heteroatoms. The van der Waals surface area contributed by atoms with Gasteiger partial charge in [0.25, 0.3) is 5.56 Å². The number of fused-ring (bicyclic) bond motifs is 1. The van der Waals surface area contributed by atoms with E-state index in [1.807, 2.05) is 48.0 Å². The van der Waals surface area contributed by atoms with E-state index in [0.717, 1.165) is 17.7 Å². The normalized spacial score (nSPS) is 15.2. The number of rotatable bonds is 7. The number of aromatic nitrogens is 2. The van der Waals surface area contributed by atoms with Crippen molar-refractivity contribution in [2.75, 3.05) is 11.9 Å². The van der Waals surface area contributed by atoms with Gasteiger partial charge in [-0.1, -0.05) is 55.1 Å². The van der Waals surface area contributed by atoms with E-state index in [-0.39, 0.29) is 23.8 Å². The summed E-state index contributed by atoms with van der Waals surface area (Å²) in [6.45, 7) is 4.78. The fraction of sp³-hybridized carbons (Fsp3) is 0.320. The van der Waals surface area contributed by atoms with E-state index in [9.17, 15) is 9.59 Å². The molecule has 1 amide bonds. The first-order valence-corrected chi connectivity index (χ1v) is 11.8. The van der Waals surface area contributed by atoms with Gasteiger partial charge in [-0.05, 0) is 42.2 Å². The zero-order chi connectivity index (χ0) is 22.7. The minimum Gasteiger partial charge on any atom is -0.494 e. The van der Waals surface area contributed by atoms with E-state index >= 15 is 0 Å². The van der Waals surface area contributed by atoms with Crippen LogP contribution in [0.4, 0.5) is 5.82 Å². The standard InChI is InChI=1S/C25H27N3O3S/c1-4-13-31-19-11-9-17(10-12-19)20-14-21(29)26-23-22(20)24(30)27-25(28(23)3)32-15-18-8-6-5-7-16(18)2/h5-12,20H,4,13-15H2,1-3H3,(H,26,29). The number of carbonyl (C=O) groups excluding carboxylic acids is 1. The lowest BCUT2D eigenvalue weighted by atomic mass is 9.87. The highest BCUT2D eigenvalue weighted by Gasteiger charge is 2.32. The molecule has 6 nitrogen and oxygen atoms in total. The number of nitrogens with zero attached hydrogens (tertiary/aromatic N) is 2. The summed E-state index contributed by atoms with van der Waals surface area (Å²) in [7, 11) is 1.84. The quantitative estimate of drug-likeness (QED) is 0.420. The molecule has 0 bridgehead atoms. The summed E-state index contributed by atoms with van der Waals surface area (Å²) in [5.41, 5.74) is 3.54. The molecule has 0 aliphatic carbocycles. The number of ether oxygens (including phenoxy) is 1. The maximum absolute atomic E-state index is 13.1. The van der Waals surface area contributed by atoms with Crippen molar-refractivity contribution in [2.45, 2.75) is 43.5 Å². The molecule has 0 saturated carbocycles. The third-order valence-electron chi connectivity index (χ3n) is 5.67. The van der Waals surface area contributed by atoms with Gasteiger partial charge >= 0.3 is 0 Å². The summed E-state index contributed by atoms with van der Waals surface area (Å²) < 4.78 is 7.48. The van der Waals surface area contributed by atoms with E-state index in [1.165, 1.54) is 22.9 Å². The Kier molecular flexibility index (Phi) is 6.65. The van der Waals surface area contributed by atoms with Crippen LogP contribution < -0.4 is 15.6 Å². The monoisotopic (exact) mass is 449 g/mol. The summed E-state index contributed by atoms with van der Waals surface area (Å²) in [6, 6.07) is 15.8. The predicted octanol–water partition coefficient (Wildman–Crippen LogP) is 4.64. The molecular formula is C25H27N3O3S. The second kappa shape index (κ2) is 9.61. The average Bonchev–Trinajstić information content (AvgIpc) is 2.79. The topological polar surface area (TPSA) is 73.2 Å². The fourth-order valence-electron chi connectivity index (χ4n) is 3.88. The summed E-state index contributed by atoms with van der Waals surface area (Å²) >= 11 is 1.49. The summed E-state index contributed by atoms with van der Waals surface area (Å²) in [5, 5.41) is 3.49. The van der Waals surface area contributed by atoms with Crippen LogP contribution in [0.1, 0.15) is 47.9 Å². The summed E-state index contributed by atoms with van der Waals surface area (Å²) in [5.74, 6) is 1.57. The fourth-order valence-corrected chi connectivity index (χ4v) is 4.92. The Morgan fingerprint density at radius 1 is 1.16 bits per heavy atom. The van der Waals surface area contributed by atoms with Gasteiger partial charge < -0.3 is 14.6 Å². The maximum atomic E-state index is 13.1. The van der Waals surface area contributed by atoms with Gasteiger partial charge in [0.05, 0.1) is 12.2 Å². The molecule has 0 radical (unpaired) electrons. The number of nitrogens with one attached hydrogen (secondary N) is 1. The first-order chi connectivity index (χ1) is 15.5. The molecule has 3 aromatic rings. The van der Waals surface area contributed by atoms with Crippen LogP contribution in [0.25, 0.3) is 0 Å². The minimum absolute atomic E-state index is 0.107. The van der Waals surface area contributed by atoms with Crippen LogP contribution >= 0.6 is 11.8 Å². The Labute approximate surface area is 192 Å². The summed E-state index contributed by atoms with van der Waals surface area (Å²) in [4.78, 5) is 30.0. The SMILES string of the molecule is CCCOc1ccc(C2CC(=O)Nc3c2c(=O)nc(SCc2ccccc2C)n3C)cc1. The molecule has 0 fully saturated rings. The number of hydrogen-bond donors (Lipinski definition) is 1. The smallest absolute Gasteiger partial charge is 0.279 e. The highest BCUT2D eigenvalue weighted by molar-refractivity contribution is 7.98. The maximum Gasteiger partial charge on any atom is 0.279 e.